The summed E-state index contributed by atoms with van der Waals surface area (Å²) in [5.74, 6) is -0.444. The number of rotatable bonds is 3. The highest BCUT2D eigenvalue weighted by atomic mass is 16.4. The van der Waals surface area contributed by atoms with Crippen molar-refractivity contribution in [3.8, 4) is 0 Å². The van der Waals surface area contributed by atoms with Crippen molar-refractivity contribution >= 4 is 5.97 Å². The second-order valence-corrected chi connectivity index (χ2v) is 2.86. The molecule has 0 heterocycles. The van der Waals surface area contributed by atoms with Gasteiger partial charge in [0, 0.05) is 5.57 Å². The summed E-state index contributed by atoms with van der Waals surface area (Å²) < 4.78 is 0. The maximum absolute atomic E-state index is 10.4. The molecule has 0 fully saturated rings. The van der Waals surface area contributed by atoms with Gasteiger partial charge in [0.1, 0.15) is 0 Å². The highest BCUT2D eigenvalue weighted by Gasteiger charge is 2.03. The lowest BCUT2D eigenvalue weighted by atomic mass is 10.1. The van der Waals surface area contributed by atoms with Crippen molar-refractivity contribution in [1.29, 1.82) is 0 Å². The molecular formula is C10H12O2. The molecule has 2 heteroatoms. The van der Waals surface area contributed by atoms with Crippen molar-refractivity contribution in [2.45, 2.75) is 13.3 Å². The Hall–Kier alpha value is -1.31. The Morgan fingerprint density at radius 1 is 1.50 bits per heavy atom. The van der Waals surface area contributed by atoms with Gasteiger partial charge in [0.2, 0.25) is 0 Å². The zero-order chi connectivity index (χ0) is 8.97. The molecule has 0 saturated heterocycles. The second kappa shape index (κ2) is 3.90. The van der Waals surface area contributed by atoms with Crippen LogP contribution in [0.25, 0.3) is 0 Å². The average Bonchev–Trinajstić information content (AvgIpc) is 2.51. The molecule has 0 unspecified atom stereocenters. The first-order chi connectivity index (χ1) is 5.70. The monoisotopic (exact) mass is 164 g/mol. The maximum atomic E-state index is 10.4. The minimum atomic E-state index is -0.832. The number of carbonyl (C=O) groups is 1. The molecule has 12 heavy (non-hydrogen) atoms. The summed E-state index contributed by atoms with van der Waals surface area (Å²) in [6.45, 7) is 1.62. The Bertz CT molecular complexity index is 247. The highest BCUT2D eigenvalue weighted by Crippen LogP contribution is 2.14. The third-order valence-electron chi connectivity index (χ3n) is 1.86. The summed E-state index contributed by atoms with van der Waals surface area (Å²) in [6, 6.07) is 0. The number of carboxylic acids is 1. The first kappa shape index (κ1) is 8.78. The topological polar surface area (TPSA) is 37.3 Å². The van der Waals surface area contributed by atoms with Crippen molar-refractivity contribution in [2.75, 3.05) is 0 Å². The fraction of sp³-hybridized carbons (Fsp3) is 0.300. The van der Waals surface area contributed by atoms with Gasteiger partial charge in [-0.15, -0.1) is 0 Å². The smallest absolute Gasteiger partial charge is 0.330 e. The average molecular weight is 164 g/mol. The fourth-order valence-corrected chi connectivity index (χ4v) is 1.04. The quantitative estimate of drug-likeness (QED) is 0.649. The van der Waals surface area contributed by atoms with E-state index in [1.54, 1.807) is 13.0 Å². The molecule has 0 aliphatic heterocycles. The van der Waals surface area contributed by atoms with Crippen LogP contribution in [0.1, 0.15) is 13.3 Å². The fourth-order valence-electron chi connectivity index (χ4n) is 1.04. The third kappa shape index (κ3) is 2.38. The van der Waals surface area contributed by atoms with E-state index < -0.39 is 5.97 Å². The lowest BCUT2D eigenvalue weighted by Gasteiger charge is -1.99. The van der Waals surface area contributed by atoms with E-state index >= 15 is 0 Å². The van der Waals surface area contributed by atoms with Gasteiger partial charge in [0.05, 0.1) is 0 Å². The molecular weight excluding hydrogens is 152 g/mol. The van der Waals surface area contributed by atoms with Crippen LogP contribution in [0, 0.1) is 5.92 Å². The maximum Gasteiger partial charge on any atom is 0.330 e. The van der Waals surface area contributed by atoms with Crippen molar-refractivity contribution in [3.63, 3.8) is 0 Å². The molecule has 0 aromatic rings. The molecule has 0 atom stereocenters. The van der Waals surface area contributed by atoms with Crippen LogP contribution in [-0.2, 0) is 4.79 Å². The molecule has 0 amide bonds. The normalized spacial score (nSPS) is 17.2. The Balaban J connectivity index is 2.43. The van der Waals surface area contributed by atoms with Gasteiger partial charge >= 0.3 is 5.97 Å². The number of hydrogen-bond acceptors (Lipinski definition) is 1. The number of aliphatic carboxylic acids is 1. The molecule has 0 saturated carbocycles. The van der Waals surface area contributed by atoms with Crippen LogP contribution >= 0.6 is 0 Å². The SMILES string of the molecule is CC(=CCC1C=CC=C1)C(=O)O. The largest absolute Gasteiger partial charge is 0.478 e. The van der Waals surface area contributed by atoms with E-state index in [0.717, 1.165) is 6.42 Å². The van der Waals surface area contributed by atoms with Crippen molar-refractivity contribution in [2.24, 2.45) is 5.92 Å². The van der Waals surface area contributed by atoms with E-state index in [-0.39, 0.29) is 0 Å². The van der Waals surface area contributed by atoms with E-state index in [1.807, 2.05) is 12.2 Å². The molecule has 0 aromatic carbocycles. The Morgan fingerprint density at radius 2 is 2.08 bits per heavy atom. The molecule has 0 bridgehead atoms. The molecule has 1 aliphatic carbocycles. The molecule has 64 valence electrons. The van der Waals surface area contributed by atoms with Gasteiger partial charge < -0.3 is 5.11 Å². The van der Waals surface area contributed by atoms with Crippen LogP contribution in [0.2, 0.25) is 0 Å². The van der Waals surface area contributed by atoms with Gasteiger partial charge in [0.25, 0.3) is 0 Å². The molecule has 0 spiro atoms. The molecule has 1 N–H and O–H groups in total. The lowest BCUT2D eigenvalue weighted by Crippen LogP contribution is -1.97. The Morgan fingerprint density at radius 3 is 2.58 bits per heavy atom. The summed E-state index contributed by atoms with van der Waals surface area (Å²) in [6.07, 6.45) is 10.6. The molecule has 0 radical (unpaired) electrons. The highest BCUT2D eigenvalue weighted by molar-refractivity contribution is 5.85. The van der Waals surface area contributed by atoms with Crippen LogP contribution in [-0.4, -0.2) is 11.1 Å². The second-order valence-electron chi connectivity index (χ2n) is 2.86. The minimum absolute atomic E-state index is 0.388. The zero-order valence-electron chi connectivity index (χ0n) is 7.03. The van der Waals surface area contributed by atoms with E-state index in [9.17, 15) is 4.79 Å². The molecule has 1 rings (SSSR count). The number of carboxylic acid groups (broad SMARTS) is 1. The van der Waals surface area contributed by atoms with E-state index in [0.29, 0.717) is 11.5 Å². The van der Waals surface area contributed by atoms with Crippen LogP contribution in [0.3, 0.4) is 0 Å². The van der Waals surface area contributed by atoms with Crippen LogP contribution in [0.15, 0.2) is 36.0 Å². The van der Waals surface area contributed by atoms with E-state index in [2.05, 4.69) is 12.2 Å². The van der Waals surface area contributed by atoms with Crippen LogP contribution < -0.4 is 0 Å². The number of hydrogen-bond donors (Lipinski definition) is 1. The minimum Gasteiger partial charge on any atom is -0.478 e. The first-order valence-corrected chi connectivity index (χ1v) is 3.95. The molecule has 0 aromatic heterocycles. The number of allylic oxidation sites excluding steroid dienone is 5. The predicted molar refractivity (Wildman–Crippen MR) is 47.8 cm³/mol. The standard InChI is InChI=1S/C10H12O2/c1-8(10(11)12)6-7-9-4-2-3-5-9/h2-6,9H,7H2,1H3,(H,11,12). The summed E-state index contributed by atoms with van der Waals surface area (Å²) >= 11 is 0. The summed E-state index contributed by atoms with van der Waals surface area (Å²) in [4.78, 5) is 10.4. The van der Waals surface area contributed by atoms with Crippen molar-refractivity contribution in [1.82, 2.24) is 0 Å². The van der Waals surface area contributed by atoms with Crippen LogP contribution in [0.5, 0.6) is 0 Å². The Kier molecular flexibility index (Phi) is 2.86. The summed E-state index contributed by atoms with van der Waals surface area (Å²) in [5, 5.41) is 8.55. The van der Waals surface area contributed by atoms with Gasteiger partial charge in [-0.1, -0.05) is 30.4 Å². The molecule has 1 aliphatic rings. The lowest BCUT2D eigenvalue weighted by molar-refractivity contribution is -0.132. The third-order valence-corrected chi connectivity index (χ3v) is 1.86. The molecule has 2 nitrogen and oxygen atoms in total. The van der Waals surface area contributed by atoms with Gasteiger partial charge in [-0.05, 0) is 19.3 Å². The summed E-state index contributed by atoms with van der Waals surface area (Å²) in [7, 11) is 0. The summed E-state index contributed by atoms with van der Waals surface area (Å²) in [5.41, 5.74) is 0.420. The predicted octanol–water partition coefficient (Wildman–Crippen LogP) is 2.15. The van der Waals surface area contributed by atoms with Crippen molar-refractivity contribution in [3.05, 3.63) is 36.0 Å². The van der Waals surface area contributed by atoms with Gasteiger partial charge in [-0.25, -0.2) is 4.79 Å². The zero-order valence-corrected chi connectivity index (χ0v) is 7.03. The first-order valence-electron chi connectivity index (χ1n) is 3.95. The van der Waals surface area contributed by atoms with Gasteiger partial charge in [-0.2, -0.15) is 0 Å². The van der Waals surface area contributed by atoms with Crippen LogP contribution in [0.4, 0.5) is 0 Å². The van der Waals surface area contributed by atoms with E-state index in [1.165, 1.54) is 0 Å². The Labute approximate surface area is 71.9 Å². The van der Waals surface area contributed by atoms with Gasteiger partial charge in [0.15, 0.2) is 0 Å². The van der Waals surface area contributed by atoms with E-state index in [4.69, 9.17) is 5.11 Å². The van der Waals surface area contributed by atoms with Crippen molar-refractivity contribution < 1.29 is 9.90 Å². The van der Waals surface area contributed by atoms with Gasteiger partial charge in [-0.3, -0.25) is 0 Å².